The van der Waals surface area contributed by atoms with Crippen LogP contribution < -0.4 is 4.90 Å². The van der Waals surface area contributed by atoms with E-state index < -0.39 is 44.7 Å². The van der Waals surface area contributed by atoms with Crippen LogP contribution in [0.1, 0.15) is 37.3 Å². The van der Waals surface area contributed by atoms with Gasteiger partial charge in [0.1, 0.15) is 6.10 Å². The molecule has 0 aliphatic carbocycles. The maximum Gasteiger partial charge on any atom is 0.430 e. The van der Waals surface area contributed by atoms with Crippen molar-refractivity contribution in [2.45, 2.75) is 60.4 Å². The summed E-state index contributed by atoms with van der Waals surface area (Å²) >= 11 is 0. The summed E-state index contributed by atoms with van der Waals surface area (Å²) in [5.41, 5.74) is -6.69. The molecule has 1 fully saturated rings. The number of piperidine rings is 1. The number of aliphatic hydroxyl groups is 2. The molecular weight excluding hydrogens is 524 g/mol. The van der Waals surface area contributed by atoms with Crippen LogP contribution in [0.2, 0.25) is 0 Å². The van der Waals surface area contributed by atoms with Gasteiger partial charge in [0.2, 0.25) is 0 Å². The Balaban J connectivity index is 1.98. The van der Waals surface area contributed by atoms with Gasteiger partial charge < -0.3 is 15.1 Å². The highest BCUT2D eigenvalue weighted by Gasteiger charge is 2.71. The van der Waals surface area contributed by atoms with E-state index in [9.17, 15) is 45.0 Å². The van der Waals surface area contributed by atoms with Crippen molar-refractivity contribution in [2.75, 3.05) is 18.0 Å². The second kappa shape index (κ2) is 10.6. The molecule has 3 rings (SSSR count). The van der Waals surface area contributed by atoms with E-state index in [-0.39, 0.29) is 48.5 Å². The van der Waals surface area contributed by atoms with Crippen LogP contribution in [-0.4, -0.2) is 55.4 Å². The van der Waals surface area contributed by atoms with Crippen molar-refractivity contribution in [1.82, 2.24) is 0 Å². The van der Waals surface area contributed by atoms with Crippen LogP contribution in [0, 0.1) is 11.8 Å². The fraction of sp³-hybridized carbons (Fsp3) is 0.440. The lowest BCUT2D eigenvalue weighted by atomic mass is 9.90. The SMILES string of the molecule is CC[C@@H](O)C#Cc1cc(C(O)(C(F)(F)F)C(F)(F)F)ccc1N1CCC(S(=O)(=O)c2ccccc2)CC1. The minimum atomic E-state index is -6.06. The van der Waals surface area contributed by atoms with Gasteiger partial charge in [-0.05, 0) is 43.5 Å². The Hall–Kier alpha value is -2.75. The van der Waals surface area contributed by atoms with E-state index >= 15 is 0 Å². The molecule has 1 aliphatic heterocycles. The predicted octanol–water partition coefficient (Wildman–Crippen LogP) is 4.56. The van der Waals surface area contributed by atoms with Gasteiger partial charge in [-0.25, -0.2) is 8.42 Å². The summed E-state index contributed by atoms with van der Waals surface area (Å²) in [4.78, 5) is 1.78. The summed E-state index contributed by atoms with van der Waals surface area (Å²) in [6.45, 7) is 1.87. The van der Waals surface area contributed by atoms with E-state index in [1.165, 1.54) is 12.1 Å². The molecule has 2 aromatic carbocycles. The van der Waals surface area contributed by atoms with Crippen LogP contribution in [0.4, 0.5) is 32.0 Å². The Kier molecular flexibility index (Phi) is 8.22. The van der Waals surface area contributed by atoms with Crippen LogP contribution in [0.15, 0.2) is 53.4 Å². The summed E-state index contributed by atoms with van der Waals surface area (Å²) in [7, 11) is -3.63. The molecule has 0 radical (unpaired) electrons. The quantitative estimate of drug-likeness (QED) is 0.423. The van der Waals surface area contributed by atoms with Crippen molar-refractivity contribution < 1.29 is 45.0 Å². The minimum absolute atomic E-state index is 0.143. The van der Waals surface area contributed by atoms with Crippen molar-refractivity contribution >= 4 is 15.5 Å². The fourth-order valence-electron chi connectivity index (χ4n) is 4.10. The average Bonchev–Trinajstić information content (AvgIpc) is 2.85. The number of rotatable bonds is 5. The number of hydrogen-bond acceptors (Lipinski definition) is 5. The number of hydrogen-bond donors (Lipinski definition) is 2. The molecule has 37 heavy (non-hydrogen) atoms. The largest absolute Gasteiger partial charge is 0.430 e. The topological polar surface area (TPSA) is 77.8 Å². The molecule has 1 saturated heterocycles. The van der Waals surface area contributed by atoms with Crippen LogP contribution >= 0.6 is 0 Å². The molecule has 2 N–H and O–H groups in total. The molecule has 1 atom stereocenters. The molecule has 0 unspecified atom stereocenters. The van der Waals surface area contributed by atoms with Crippen molar-refractivity contribution in [3.05, 3.63) is 59.7 Å². The summed E-state index contributed by atoms with van der Waals surface area (Å²) in [5.74, 6) is 4.82. The molecule has 0 spiro atoms. The smallest absolute Gasteiger partial charge is 0.380 e. The van der Waals surface area contributed by atoms with Gasteiger partial charge >= 0.3 is 12.4 Å². The molecule has 1 heterocycles. The average molecular weight is 550 g/mol. The normalized spacial score (nSPS) is 16.7. The number of benzene rings is 2. The summed E-state index contributed by atoms with van der Waals surface area (Å²) in [6.07, 6.45) is -12.8. The fourth-order valence-corrected chi connectivity index (χ4v) is 5.85. The van der Waals surface area contributed by atoms with Crippen molar-refractivity contribution in [1.29, 1.82) is 0 Å². The van der Waals surface area contributed by atoms with E-state index in [0.717, 1.165) is 6.07 Å². The van der Waals surface area contributed by atoms with Gasteiger partial charge in [-0.15, -0.1) is 0 Å². The molecule has 1 aliphatic rings. The van der Waals surface area contributed by atoms with Crippen molar-refractivity contribution in [2.24, 2.45) is 0 Å². The Labute approximate surface area is 210 Å². The third-order valence-corrected chi connectivity index (χ3v) is 8.57. The monoisotopic (exact) mass is 549 g/mol. The van der Waals surface area contributed by atoms with E-state index in [0.29, 0.717) is 12.1 Å². The highest BCUT2D eigenvalue weighted by Crippen LogP contribution is 2.50. The molecule has 0 bridgehead atoms. The van der Waals surface area contributed by atoms with Gasteiger partial charge in [0.05, 0.1) is 15.8 Å². The second-order valence-corrected chi connectivity index (χ2v) is 10.9. The first-order valence-electron chi connectivity index (χ1n) is 11.4. The number of sulfone groups is 1. The first-order valence-corrected chi connectivity index (χ1v) is 12.9. The van der Waals surface area contributed by atoms with Crippen LogP contribution in [0.5, 0.6) is 0 Å². The Morgan fingerprint density at radius 2 is 1.57 bits per heavy atom. The maximum absolute atomic E-state index is 13.4. The van der Waals surface area contributed by atoms with E-state index in [4.69, 9.17) is 0 Å². The number of halogens is 6. The van der Waals surface area contributed by atoms with Crippen molar-refractivity contribution in [3.63, 3.8) is 0 Å². The highest BCUT2D eigenvalue weighted by molar-refractivity contribution is 7.92. The molecule has 2 aromatic rings. The molecule has 0 aromatic heterocycles. The van der Waals surface area contributed by atoms with Gasteiger partial charge in [0.25, 0.3) is 5.60 Å². The molecule has 202 valence electrons. The number of anilines is 1. The van der Waals surface area contributed by atoms with Gasteiger partial charge in [0, 0.05) is 24.2 Å². The van der Waals surface area contributed by atoms with E-state index in [1.54, 1.807) is 30.0 Å². The minimum Gasteiger partial charge on any atom is -0.380 e. The molecule has 12 heteroatoms. The first kappa shape index (κ1) is 28.8. The van der Waals surface area contributed by atoms with E-state index in [2.05, 4.69) is 11.8 Å². The highest BCUT2D eigenvalue weighted by atomic mass is 32.2. The lowest BCUT2D eigenvalue weighted by Gasteiger charge is -2.35. The van der Waals surface area contributed by atoms with E-state index in [1.807, 2.05) is 0 Å². The summed E-state index contributed by atoms with van der Waals surface area (Å²) in [5, 5.41) is 18.9. The predicted molar refractivity (Wildman–Crippen MR) is 124 cm³/mol. The maximum atomic E-state index is 13.4. The van der Waals surface area contributed by atoms with Gasteiger partial charge in [-0.3, -0.25) is 0 Å². The second-order valence-electron chi connectivity index (χ2n) is 8.68. The van der Waals surface area contributed by atoms with Gasteiger partial charge in [-0.1, -0.05) is 43.0 Å². The zero-order valence-corrected chi connectivity index (χ0v) is 20.5. The van der Waals surface area contributed by atoms with Crippen LogP contribution in [0.25, 0.3) is 0 Å². The first-order chi connectivity index (χ1) is 17.1. The standard InChI is InChI=1S/C25H25F6NO4S/c1-2-19(33)10-8-17-16-18(23(34,24(26,27)28)25(29,30)31)9-11-22(17)32-14-12-21(13-15-32)37(35,36)20-6-4-3-5-7-20/h3-7,9,11,16,19,21,33-34H,2,12-15H2,1H3/t19-/m1/s1. The van der Waals surface area contributed by atoms with Crippen molar-refractivity contribution in [3.8, 4) is 11.8 Å². The zero-order chi connectivity index (χ0) is 27.6. The summed E-state index contributed by atoms with van der Waals surface area (Å²) in [6, 6.07) is 9.88. The third kappa shape index (κ3) is 5.73. The Morgan fingerprint density at radius 1 is 1.00 bits per heavy atom. The third-order valence-electron chi connectivity index (χ3n) is 6.29. The number of aliphatic hydroxyl groups excluding tert-OH is 1. The molecule has 5 nitrogen and oxygen atoms in total. The molecule has 0 amide bonds. The van der Waals surface area contributed by atoms with Crippen LogP contribution in [-0.2, 0) is 15.4 Å². The lowest BCUT2D eigenvalue weighted by Crippen LogP contribution is -2.54. The molecular formula is C25H25F6NO4S. The lowest BCUT2D eigenvalue weighted by molar-refractivity contribution is -0.376. The Bertz CT molecular complexity index is 1240. The summed E-state index contributed by atoms with van der Waals surface area (Å²) < 4.78 is 106. The van der Waals surface area contributed by atoms with Gasteiger partial charge in [-0.2, -0.15) is 26.3 Å². The van der Waals surface area contributed by atoms with Gasteiger partial charge in [0.15, 0.2) is 9.84 Å². The number of nitrogens with zero attached hydrogens (tertiary/aromatic N) is 1. The Morgan fingerprint density at radius 3 is 2.08 bits per heavy atom. The number of alkyl halides is 6. The zero-order valence-electron chi connectivity index (χ0n) is 19.6. The van der Waals surface area contributed by atoms with Crippen LogP contribution in [0.3, 0.4) is 0 Å². The molecule has 0 saturated carbocycles.